The number of aliphatic hydroxyl groups is 3. The highest BCUT2D eigenvalue weighted by Crippen LogP contribution is 2.70. The maximum atomic E-state index is 11.4. The zero-order valence-electron chi connectivity index (χ0n) is 42.4. The van der Waals surface area contributed by atoms with Gasteiger partial charge in [-0.25, -0.2) is 0 Å². The van der Waals surface area contributed by atoms with Crippen LogP contribution in [-0.4, -0.2) is 33.6 Å². The summed E-state index contributed by atoms with van der Waals surface area (Å²) in [5, 5.41) is 32.0. The molecule has 0 amide bonds. The average molecular weight is 847 g/mol. The highest BCUT2D eigenvalue weighted by molar-refractivity contribution is 5.25. The van der Waals surface area contributed by atoms with Crippen LogP contribution in [0.3, 0.4) is 0 Å². The molecule has 0 radical (unpaired) electrons. The van der Waals surface area contributed by atoms with Crippen molar-refractivity contribution in [1.29, 1.82) is 0 Å². The van der Waals surface area contributed by atoms with E-state index >= 15 is 0 Å². The third-order valence-corrected chi connectivity index (χ3v) is 23.2. The van der Waals surface area contributed by atoms with Crippen LogP contribution in [0.2, 0.25) is 0 Å². The van der Waals surface area contributed by atoms with Gasteiger partial charge in [0.2, 0.25) is 0 Å². The van der Waals surface area contributed by atoms with Gasteiger partial charge in [0.25, 0.3) is 0 Å². The molecule has 0 spiro atoms. The van der Waals surface area contributed by atoms with Gasteiger partial charge < -0.3 is 15.3 Å². The van der Waals surface area contributed by atoms with Gasteiger partial charge in [0.1, 0.15) is 0 Å². The lowest BCUT2D eigenvalue weighted by atomic mass is 9.43. The first-order chi connectivity index (χ1) is 28.8. The Hall–Kier alpha value is -0.380. The van der Waals surface area contributed by atoms with Crippen LogP contribution in [0.5, 0.6) is 0 Å². The van der Waals surface area contributed by atoms with Crippen molar-refractivity contribution in [3.63, 3.8) is 0 Å². The van der Waals surface area contributed by atoms with Gasteiger partial charge in [0.05, 0.1) is 18.3 Å². The topological polar surface area (TPSA) is 60.7 Å². The van der Waals surface area contributed by atoms with Gasteiger partial charge in [0, 0.05) is 0 Å². The molecule has 61 heavy (non-hydrogen) atoms. The first kappa shape index (κ1) is 48.6. The lowest BCUT2D eigenvalue weighted by Gasteiger charge is -2.62. The van der Waals surface area contributed by atoms with Gasteiger partial charge >= 0.3 is 0 Å². The molecule has 7 saturated carbocycles. The van der Waals surface area contributed by atoms with Crippen LogP contribution in [-0.2, 0) is 0 Å². The second kappa shape index (κ2) is 19.1. The summed E-state index contributed by atoms with van der Waals surface area (Å²) in [7, 11) is 0. The molecular formula is C58H102O3. The third-order valence-electron chi connectivity index (χ3n) is 23.2. The van der Waals surface area contributed by atoms with E-state index in [0.717, 1.165) is 97.2 Å². The summed E-state index contributed by atoms with van der Waals surface area (Å²) in [5.41, 5.74) is 3.36. The molecule has 8 rings (SSSR count). The van der Waals surface area contributed by atoms with Crippen LogP contribution in [0, 0.1) is 110 Å². The predicted molar refractivity (Wildman–Crippen MR) is 258 cm³/mol. The highest BCUT2D eigenvalue weighted by Gasteiger charge is 2.63. The predicted octanol–water partition coefficient (Wildman–Crippen LogP) is 15.1. The van der Waals surface area contributed by atoms with Gasteiger partial charge in [-0.2, -0.15) is 0 Å². The molecule has 7 fully saturated rings. The Morgan fingerprint density at radius 3 is 1.64 bits per heavy atom. The molecule has 3 N–H and O–H groups in total. The van der Waals surface area contributed by atoms with Crippen LogP contribution < -0.4 is 0 Å². The first-order valence-electron chi connectivity index (χ1n) is 27.6. The lowest BCUT2D eigenvalue weighted by molar-refractivity contribution is -0.174. The molecule has 0 aromatic rings. The Bertz CT molecular complexity index is 1470. The minimum atomic E-state index is -0.141. The minimum Gasteiger partial charge on any atom is -0.393 e. The lowest BCUT2D eigenvalue weighted by Crippen LogP contribution is -2.58. The standard InChI is InChI=1S/C29H52O2.C29H50O/c1-7-20(18(2)3)9-8-19(4)23-10-11-24-27-25(13-15-29(23,24)6)28(5)14-12-22(30)16-21(28)17-26(27)31;1-7-21(19(2)3)9-8-20(4)25-12-13-26-24-11-10-22-18-23(30)14-16-28(22,5)27(24)15-17-29(25,26)6/h18-27,30-31H,7-17H2,1-6H3;10,19-21,23-27,30H,7-9,11-18H2,1-6H3/t19-,20-,21+,22?,23-,24?,25?,26?,27+,28+,29-;20-,21-,23+,24+,25-,26?,27?,28+,29-/m11/s1. The summed E-state index contributed by atoms with van der Waals surface area (Å²) in [5.74, 6) is 12.1. The summed E-state index contributed by atoms with van der Waals surface area (Å²) in [6.45, 7) is 30.0. The minimum absolute atomic E-state index is 0.0794. The van der Waals surface area contributed by atoms with E-state index in [9.17, 15) is 15.3 Å². The molecular weight excluding hydrogens is 745 g/mol. The normalized spacial score (nSPS) is 47.3. The summed E-state index contributed by atoms with van der Waals surface area (Å²) in [6.07, 6.45) is 30.3. The van der Waals surface area contributed by atoms with E-state index in [4.69, 9.17) is 0 Å². The molecule has 0 bridgehead atoms. The average Bonchev–Trinajstić information content (AvgIpc) is 3.76. The number of rotatable bonds is 12. The van der Waals surface area contributed by atoms with E-state index in [-0.39, 0.29) is 18.3 Å². The first-order valence-corrected chi connectivity index (χ1v) is 27.6. The Kier molecular flexibility index (Phi) is 15.2. The van der Waals surface area contributed by atoms with E-state index in [0.29, 0.717) is 45.3 Å². The van der Waals surface area contributed by atoms with Gasteiger partial charge in [-0.3, -0.25) is 0 Å². The summed E-state index contributed by atoms with van der Waals surface area (Å²) in [6, 6.07) is 0. The van der Waals surface area contributed by atoms with Crippen LogP contribution in [0.25, 0.3) is 0 Å². The van der Waals surface area contributed by atoms with E-state index in [2.05, 4.69) is 89.2 Å². The maximum absolute atomic E-state index is 11.4. The third kappa shape index (κ3) is 8.96. The molecule has 0 aromatic carbocycles. The molecule has 20 atom stereocenters. The maximum Gasteiger partial charge on any atom is 0.0577 e. The molecule has 0 aromatic heterocycles. The molecule has 6 unspecified atom stereocenters. The Morgan fingerprint density at radius 2 is 1.07 bits per heavy atom. The van der Waals surface area contributed by atoms with E-state index in [1.54, 1.807) is 5.57 Å². The van der Waals surface area contributed by atoms with Crippen molar-refractivity contribution in [2.75, 3.05) is 0 Å². The fourth-order valence-corrected chi connectivity index (χ4v) is 19.2. The Balaban J connectivity index is 0.000000184. The van der Waals surface area contributed by atoms with Crippen LogP contribution in [0.1, 0.15) is 224 Å². The van der Waals surface area contributed by atoms with Crippen molar-refractivity contribution in [1.82, 2.24) is 0 Å². The van der Waals surface area contributed by atoms with Gasteiger partial charge in [0.15, 0.2) is 0 Å². The number of fused-ring (bicyclic) bond motifs is 10. The van der Waals surface area contributed by atoms with Crippen molar-refractivity contribution >= 4 is 0 Å². The number of allylic oxidation sites excluding steroid dienone is 1. The second-order valence-corrected chi connectivity index (χ2v) is 26.3. The molecule has 8 aliphatic rings. The monoisotopic (exact) mass is 847 g/mol. The molecule has 0 heterocycles. The fraction of sp³-hybridized carbons (Fsp3) is 0.966. The van der Waals surface area contributed by atoms with Gasteiger partial charge in [-0.05, 0) is 226 Å². The fourth-order valence-electron chi connectivity index (χ4n) is 19.2. The summed E-state index contributed by atoms with van der Waals surface area (Å²) in [4.78, 5) is 0. The SMILES string of the molecule is CC[C@H](CC[C@@H](C)[C@H]1CCC2[C@@H]3C(O)C[C@@H]4CC(O)CC[C@]4(C)C3CC[C@@]21C)C(C)C.CC[C@H](CC[C@@H](C)[C@H]1CCC2[C@@H]3CC=C4C[C@@H](O)CC[C@]4(C)C3CC[C@@]21C)C(C)C. The zero-order valence-corrected chi connectivity index (χ0v) is 42.4. The van der Waals surface area contributed by atoms with Crippen LogP contribution in [0.4, 0.5) is 0 Å². The molecule has 3 nitrogen and oxygen atoms in total. The Morgan fingerprint density at radius 1 is 0.557 bits per heavy atom. The molecule has 352 valence electrons. The van der Waals surface area contributed by atoms with E-state index in [1.165, 1.54) is 109 Å². The van der Waals surface area contributed by atoms with Crippen molar-refractivity contribution in [2.24, 2.45) is 110 Å². The molecule has 0 saturated heterocycles. The van der Waals surface area contributed by atoms with E-state index < -0.39 is 0 Å². The highest BCUT2D eigenvalue weighted by atomic mass is 16.3. The second-order valence-electron chi connectivity index (χ2n) is 26.3. The van der Waals surface area contributed by atoms with Gasteiger partial charge in [-0.1, -0.05) is 120 Å². The molecule has 8 aliphatic carbocycles. The van der Waals surface area contributed by atoms with Gasteiger partial charge in [-0.15, -0.1) is 0 Å². The van der Waals surface area contributed by atoms with Crippen LogP contribution in [0.15, 0.2) is 11.6 Å². The molecule has 3 heteroatoms. The van der Waals surface area contributed by atoms with Crippen molar-refractivity contribution < 1.29 is 15.3 Å². The zero-order chi connectivity index (χ0) is 44.2. The smallest absolute Gasteiger partial charge is 0.0577 e. The number of hydrogen-bond donors (Lipinski definition) is 3. The summed E-state index contributed by atoms with van der Waals surface area (Å²) >= 11 is 0. The number of aliphatic hydroxyl groups excluding tert-OH is 3. The quantitative estimate of drug-likeness (QED) is 0.172. The Labute approximate surface area is 378 Å². The van der Waals surface area contributed by atoms with Crippen molar-refractivity contribution in [2.45, 2.75) is 243 Å². The number of hydrogen-bond acceptors (Lipinski definition) is 3. The van der Waals surface area contributed by atoms with Crippen LogP contribution >= 0.6 is 0 Å². The largest absolute Gasteiger partial charge is 0.393 e. The summed E-state index contributed by atoms with van der Waals surface area (Å²) < 4.78 is 0. The molecule has 0 aliphatic heterocycles. The van der Waals surface area contributed by atoms with E-state index in [1.807, 2.05) is 0 Å². The van der Waals surface area contributed by atoms with Crippen molar-refractivity contribution in [3.8, 4) is 0 Å². The van der Waals surface area contributed by atoms with Crippen molar-refractivity contribution in [3.05, 3.63) is 11.6 Å².